The van der Waals surface area contributed by atoms with Gasteiger partial charge in [0, 0.05) is 5.38 Å². The Labute approximate surface area is 108 Å². The Kier molecular flexibility index (Phi) is 4.10. The van der Waals surface area contributed by atoms with Crippen LogP contribution in [0, 0.1) is 5.92 Å². The van der Waals surface area contributed by atoms with Crippen LogP contribution in [0.25, 0.3) is 0 Å². The van der Waals surface area contributed by atoms with E-state index in [0.717, 1.165) is 25.7 Å². The van der Waals surface area contributed by atoms with E-state index in [2.05, 4.69) is 0 Å². The molecule has 2 nitrogen and oxygen atoms in total. The minimum Gasteiger partial charge on any atom is -0.224 e. The van der Waals surface area contributed by atoms with E-state index < -0.39 is 9.84 Å². The second kappa shape index (κ2) is 5.40. The van der Waals surface area contributed by atoms with E-state index in [4.69, 9.17) is 11.6 Å². The summed E-state index contributed by atoms with van der Waals surface area (Å²) < 4.78 is 24.4. The Hall–Kier alpha value is -0.540. The molecule has 1 aliphatic rings. The average molecular weight is 273 g/mol. The number of rotatable bonds is 3. The lowest BCUT2D eigenvalue weighted by Gasteiger charge is -2.26. The van der Waals surface area contributed by atoms with Gasteiger partial charge in [-0.15, -0.1) is 11.6 Å². The molecule has 0 saturated heterocycles. The van der Waals surface area contributed by atoms with Gasteiger partial charge in [0.25, 0.3) is 0 Å². The van der Waals surface area contributed by atoms with Crippen molar-refractivity contribution in [2.45, 2.75) is 36.0 Å². The minimum atomic E-state index is -3.18. The van der Waals surface area contributed by atoms with Crippen LogP contribution in [0.5, 0.6) is 0 Å². The number of hydrogen-bond acceptors (Lipinski definition) is 2. The fourth-order valence-electron chi connectivity index (χ4n) is 2.36. The molecule has 17 heavy (non-hydrogen) atoms. The quantitative estimate of drug-likeness (QED) is 0.792. The van der Waals surface area contributed by atoms with Crippen LogP contribution < -0.4 is 0 Å². The Morgan fingerprint density at radius 1 is 1.12 bits per heavy atom. The second-order valence-corrected chi connectivity index (χ2v) is 7.25. The first-order chi connectivity index (χ1) is 8.09. The largest absolute Gasteiger partial charge is 0.224 e. The summed E-state index contributed by atoms with van der Waals surface area (Å²) in [6.45, 7) is 0. The van der Waals surface area contributed by atoms with Crippen LogP contribution >= 0.6 is 11.6 Å². The third-order valence-electron chi connectivity index (χ3n) is 3.35. The average Bonchev–Trinajstić information content (AvgIpc) is 2.33. The molecule has 0 aromatic heterocycles. The highest BCUT2D eigenvalue weighted by atomic mass is 35.5. The smallest absolute Gasteiger partial charge is 0.178 e. The molecule has 0 bridgehead atoms. The van der Waals surface area contributed by atoms with E-state index in [9.17, 15) is 8.42 Å². The summed E-state index contributed by atoms with van der Waals surface area (Å²) in [5.74, 6) is 0.293. The molecule has 0 amide bonds. The maximum atomic E-state index is 12.2. The standard InChI is InChI=1S/C13H17ClO2S/c14-13-9-5-4-6-11(13)10-17(15,16)12-7-2-1-3-8-12/h1-3,7-8,11,13H,4-6,9-10H2. The lowest BCUT2D eigenvalue weighted by molar-refractivity contribution is 0.392. The van der Waals surface area contributed by atoms with Crippen molar-refractivity contribution in [1.82, 2.24) is 0 Å². The zero-order valence-electron chi connectivity index (χ0n) is 9.68. The van der Waals surface area contributed by atoms with Gasteiger partial charge >= 0.3 is 0 Å². The summed E-state index contributed by atoms with van der Waals surface area (Å²) in [5, 5.41) is 0.0160. The van der Waals surface area contributed by atoms with Crippen LogP contribution in [0.2, 0.25) is 0 Å². The van der Waals surface area contributed by atoms with Crippen molar-refractivity contribution in [1.29, 1.82) is 0 Å². The van der Waals surface area contributed by atoms with Crippen LogP contribution in [-0.4, -0.2) is 19.5 Å². The molecule has 1 fully saturated rings. The van der Waals surface area contributed by atoms with Gasteiger partial charge in [-0.3, -0.25) is 0 Å². The molecular formula is C13H17ClO2S. The van der Waals surface area contributed by atoms with E-state index in [1.54, 1.807) is 24.3 Å². The van der Waals surface area contributed by atoms with Crippen molar-refractivity contribution in [2.24, 2.45) is 5.92 Å². The van der Waals surface area contributed by atoms with Crippen LogP contribution in [0.15, 0.2) is 35.2 Å². The molecule has 94 valence electrons. The molecule has 2 unspecified atom stereocenters. The van der Waals surface area contributed by atoms with Gasteiger partial charge in [-0.2, -0.15) is 0 Å². The summed E-state index contributed by atoms with van der Waals surface area (Å²) in [6.07, 6.45) is 4.09. The molecule has 4 heteroatoms. The molecule has 1 saturated carbocycles. The maximum Gasteiger partial charge on any atom is 0.178 e. The van der Waals surface area contributed by atoms with Gasteiger partial charge in [0.1, 0.15) is 0 Å². The molecule has 0 aliphatic heterocycles. The number of halogens is 1. The lowest BCUT2D eigenvalue weighted by Crippen LogP contribution is -2.27. The van der Waals surface area contributed by atoms with Crippen LogP contribution in [0.1, 0.15) is 25.7 Å². The first-order valence-electron chi connectivity index (χ1n) is 6.01. The molecule has 0 N–H and O–H groups in total. The number of benzene rings is 1. The Morgan fingerprint density at radius 2 is 1.76 bits per heavy atom. The third kappa shape index (κ3) is 3.23. The zero-order chi connectivity index (χ0) is 12.3. The van der Waals surface area contributed by atoms with Crippen molar-refractivity contribution in [3.8, 4) is 0 Å². The molecule has 0 heterocycles. The fraction of sp³-hybridized carbons (Fsp3) is 0.538. The minimum absolute atomic E-state index is 0.0160. The fourth-order valence-corrected chi connectivity index (χ4v) is 4.56. The van der Waals surface area contributed by atoms with E-state index in [1.807, 2.05) is 6.07 Å². The summed E-state index contributed by atoms with van der Waals surface area (Å²) >= 11 is 6.21. The zero-order valence-corrected chi connectivity index (χ0v) is 11.3. The topological polar surface area (TPSA) is 34.1 Å². The van der Waals surface area contributed by atoms with Crippen molar-refractivity contribution in [3.63, 3.8) is 0 Å². The van der Waals surface area contributed by atoms with Gasteiger partial charge in [-0.25, -0.2) is 8.42 Å². The maximum absolute atomic E-state index is 12.2. The summed E-state index contributed by atoms with van der Waals surface area (Å²) in [4.78, 5) is 0.412. The van der Waals surface area contributed by atoms with Gasteiger partial charge in [0.15, 0.2) is 9.84 Å². The van der Waals surface area contributed by atoms with Crippen molar-refractivity contribution in [2.75, 3.05) is 5.75 Å². The van der Waals surface area contributed by atoms with Gasteiger partial charge in [-0.1, -0.05) is 31.0 Å². The Bertz CT molecular complexity index is 456. The SMILES string of the molecule is O=S(=O)(CC1CCCCC1Cl)c1ccccc1. The molecule has 1 aliphatic carbocycles. The van der Waals surface area contributed by atoms with Crippen molar-refractivity contribution < 1.29 is 8.42 Å². The Morgan fingerprint density at radius 3 is 2.41 bits per heavy atom. The Balaban J connectivity index is 2.12. The van der Waals surface area contributed by atoms with Gasteiger partial charge < -0.3 is 0 Å². The summed E-state index contributed by atoms with van der Waals surface area (Å²) in [6, 6.07) is 8.64. The monoisotopic (exact) mass is 272 g/mol. The molecule has 1 aromatic rings. The predicted molar refractivity (Wildman–Crippen MR) is 70.1 cm³/mol. The number of alkyl halides is 1. The van der Waals surface area contributed by atoms with Crippen LogP contribution in [0.3, 0.4) is 0 Å². The van der Waals surface area contributed by atoms with Crippen molar-refractivity contribution >= 4 is 21.4 Å². The molecule has 2 atom stereocenters. The highest BCUT2D eigenvalue weighted by Crippen LogP contribution is 2.31. The van der Waals surface area contributed by atoms with Crippen LogP contribution in [0.4, 0.5) is 0 Å². The van der Waals surface area contributed by atoms with Crippen molar-refractivity contribution in [3.05, 3.63) is 30.3 Å². The van der Waals surface area contributed by atoms with E-state index >= 15 is 0 Å². The van der Waals surface area contributed by atoms with Gasteiger partial charge in [0.2, 0.25) is 0 Å². The summed E-state index contributed by atoms with van der Waals surface area (Å²) in [5.41, 5.74) is 0. The highest BCUT2D eigenvalue weighted by Gasteiger charge is 2.28. The highest BCUT2D eigenvalue weighted by molar-refractivity contribution is 7.91. The molecule has 0 radical (unpaired) electrons. The van der Waals surface area contributed by atoms with E-state index in [1.165, 1.54) is 0 Å². The molecule has 2 rings (SSSR count). The molecule has 0 spiro atoms. The number of hydrogen-bond donors (Lipinski definition) is 0. The lowest BCUT2D eigenvalue weighted by atomic mass is 9.90. The van der Waals surface area contributed by atoms with Gasteiger partial charge in [-0.05, 0) is 30.9 Å². The predicted octanol–water partition coefficient (Wildman–Crippen LogP) is 3.26. The van der Waals surface area contributed by atoms with E-state index in [-0.39, 0.29) is 17.0 Å². The van der Waals surface area contributed by atoms with E-state index in [0.29, 0.717) is 4.90 Å². The molecule has 1 aromatic carbocycles. The normalized spacial score (nSPS) is 25.7. The third-order valence-corrected chi connectivity index (χ3v) is 5.78. The first kappa shape index (κ1) is 12.9. The second-order valence-electron chi connectivity index (χ2n) is 4.65. The summed E-state index contributed by atoms with van der Waals surface area (Å²) in [7, 11) is -3.18. The van der Waals surface area contributed by atoms with Gasteiger partial charge in [0.05, 0.1) is 10.6 Å². The van der Waals surface area contributed by atoms with Crippen LogP contribution in [-0.2, 0) is 9.84 Å². The number of sulfone groups is 1. The molecular weight excluding hydrogens is 256 g/mol. The first-order valence-corrected chi connectivity index (χ1v) is 8.10.